The van der Waals surface area contributed by atoms with E-state index in [9.17, 15) is 9.59 Å². The van der Waals surface area contributed by atoms with Gasteiger partial charge in [-0.3, -0.25) is 4.79 Å². The quantitative estimate of drug-likeness (QED) is 0.689. The highest BCUT2D eigenvalue weighted by molar-refractivity contribution is 5.99. The molecule has 1 N–H and O–H groups in total. The normalized spacial score (nSPS) is 16.4. The van der Waals surface area contributed by atoms with Crippen LogP contribution in [0.15, 0.2) is 52.9 Å². The highest BCUT2D eigenvalue weighted by Gasteiger charge is 2.28. The third-order valence-electron chi connectivity index (χ3n) is 4.95. The molecule has 0 saturated carbocycles. The minimum atomic E-state index is -0.473. The third kappa shape index (κ3) is 3.22. The zero-order chi connectivity index (χ0) is 19.7. The average Bonchev–Trinajstić information content (AvgIpc) is 3.01. The second kappa shape index (κ2) is 7.38. The smallest absolute Gasteiger partial charge is 0.374 e. The summed E-state index contributed by atoms with van der Waals surface area (Å²) in [7, 11) is 0. The van der Waals surface area contributed by atoms with E-state index in [-0.39, 0.29) is 24.2 Å². The third-order valence-corrected chi connectivity index (χ3v) is 4.95. The fourth-order valence-electron chi connectivity index (χ4n) is 3.58. The van der Waals surface area contributed by atoms with Gasteiger partial charge in [0.05, 0.1) is 23.9 Å². The number of carbonyl (C=O) groups excluding carboxylic acids is 2. The molecule has 0 spiro atoms. The van der Waals surface area contributed by atoms with Crippen LogP contribution in [0.5, 0.6) is 0 Å². The number of benzene rings is 2. The molecule has 1 aromatic heterocycles. The topological polar surface area (TPSA) is 71.8 Å². The zero-order valence-electron chi connectivity index (χ0n) is 15.9. The Kier molecular flexibility index (Phi) is 4.77. The number of fused-ring (bicyclic) bond motifs is 2. The Morgan fingerprint density at radius 1 is 1.21 bits per heavy atom. The molecule has 0 aliphatic carbocycles. The van der Waals surface area contributed by atoms with Crippen molar-refractivity contribution in [3.8, 4) is 0 Å². The minimum Gasteiger partial charge on any atom is -0.460 e. The standard InChI is InChI=1S/C22H22N2O4/c1-3-27-22(26)20-16(15-8-4-7-11-19(15)28-20)13-24-12-14(2)21(25)23-17-9-5-6-10-18(17)24/h4-11,14H,3,12-13H2,1-2H3,(H,23,25)/t14-/m1/s1. The van der Waals surface area contributed by atoms with E-state index in [0.29, 0.717) is 18.7 Å². The van der Waals surface area contributed by atoms with Crippen molar-refractivity contribution in [1.29, 1.82) is 0 Å². The van der Waals surface area contributed by atoms with Crippen molar-refractivity contribution in [2.24, 2.45) is 5.92 Å². The monoisotopic (exact) mass is 378 g/mol. The largest absolute Gasteiger partial charge is 0.460 e. The van der Waals surface area contributed by atoms with Crippen molar-refractivity contribution in [3.05, 3.63) is 59.9 Å². The zero-order valence-corrected chi connectivity index (χ0v) is 15.9. The molecule has 144 valence electrons. The van der Waals surface area contributed by atoms with Gasteiger partial charge in [0.25, 0.3) is 0 Å². The summed E-state index contributed by atoms with van der Waals surface area (Å²) < 4.78 is 11.0. The number of amides is 1. The maximum atomic E-state index is 12.5. The van der Waals surface area contributed by atoms with Crippen LogP contribution in [-0.4, -0.2) is 25.0 Å². The Hall–Kier alpha value is -3.28. The Bertz CT molecular complexity index is 1040. The number of furan rings is 1. The van der Waals surface area contributed by atoms with Crippen molar-refractivity contribution < 1.29 is 18.7 Å². The fraction of sp³-hybridized carbons (Fsp3) is 0.273. The molecule has 1 atom stereocenters. The van der Waals surface area contributed by atoms with Crippen LogP contribution >= 0.6 is 0 Å². The number of carbonyl (C=O) groups is 2. The predicted octanol–water partition coefficient (Wildman–Crippen LogP) is 4.20. The fourth-order valence-corrected chi connectivity index (χ4v) is 3.58. The highest BCUT2D eigenvalue weighted by atomic mass is 16.5. The molecule has 4 rings (SSSR count). The first kappa shape index (κ1) is 18.1. The molecule has 0 bridgehead atoms. The van der Waals surface area contributed by atoms with E-state index in [1.54, 1.807) is 6.92 Å². The number of nitrogens with one attached hydrogen (secondary N) is 1. The summed E-state index contributed by atoms with van der Waals surface area (Å²) in [4.78, 5) is 27.0. The van der Waals surface area contributed by atoms with Crippen LogP contribution in [0.2, 0.25) is 0 Å². The van der Waals surface area contributed by atoms with Crippen molar-refractivity contribution in [3.63, 3.8) is 0 Å². The van der Waals surface area contributed by atoms with E-state index >= 15 is 0 Å². The minimum absolute atomic E-state index is 0.0161. The molecule has 1 amide bonds. The van der Waals surface area contributed by atoms with E-state index in [1.165, 1.54) is 0 Å². The van der Waals surface area contributed by atoms with Gasteiger partial charge in [-0.15, -0.1) is 0 Å². The first-order chi connectivity index (χ1) is 13.6. The van der Waals surface area contributed by atoms with Gasteiger partial charge in [-0.2, -0.15) is 0 Å². The Labute approximate surface area is 163 Å². The van der Waals surface area contributed by atoms with Gasteiger partial charge in [0.2, 0.25) is 11.7 Å². The van der Waals surface area contributed by atoms with Crippen LogP contribution in [0.1, 0.15) is 30.0 Å². The maximum Gasteiger partial charge on any atom is 0.374 e. The van der Waals surface area contributed by atoms with Crippen LogP contribution in [0.3, 0.4) is 0 Å². The number of hydrogen-bond donors (Lipinski definition) is 1. The van der Waals surface area contributed by atoms with Gasteiger partial charge >= 0.3 is 5.97 Å². The maximum absolute atomic E-state index is 12.5. The highest BCUT2D eigenvalue weighted by Crippen LogP contribution is 2.34. The molecule has 0 radical (unpaired) electrons. The molecule has 1 aliphatic rings. The van der Waals surface area contributed by atoms with Gasteiger partial charge in [-0.25, -0.2) is 4.79 Å². The Morgan fingerprint density at radius 2 is 1.96 bits per heavy atom. The second-order valence-electron chi connectivity index (χ2n) is 6.91. The van der Waals surface area contributed by atoms with E-state index < -0.39 is 5.97 Å². The van der Waals surface area contributed by atoms with Gasteiger partial charge in [-0.05, 0) is 25.1 Å². The number of esters is 1. The number of rotatable bonds is 4. The molecule has 0 unspecified atom stereocenters. The molecular weight excluding hydrogens is 356 g/mol. The lowest BCUT2D eigenvalue weighted by atomic mass is 10.1. The lowest BCUT2D eigenvalue weighted by Gasteiger charge is -2.25. The average molecular weight is 378 g/mol. The summed E-state index contributed by atoms with van der Waals surface area (Å²) in [5, 5.41) is 3.86. The summed E-state index contributed by atoms with van der Waals surface area (Å²) in [5.74, 6) is -0.468. The van der Waals surface area contributed by atoms with E-state index in [1.807, 2.05) is 55.5 Å². The van der Waals surface area contributed by atoms with Crippen LogP contribution < -0.4 is 10.2 Å². The molecule has 1 aliphatic heterocycles. The first-order valence-electron chi connectivity index (χ1n) is 9.40. The summed E-state index contributed by atoms with van der Waals surface area (Å²) in [6.07, 6.45) is 0. The van der Waals surface area contributed by atoms with E-state index in [2.05, 4.69) is 10.2 Å². The first-order valence-corrected chi connectivity index (χ1v) is 9.40. The van der Waals surface area contributed by atoms with Gasteiger partial charge in [0.1, 0.15) is 5.58 Å². The van der Waals surface area contributed by atoms with E-state index in [0.717, 1.165) is 22.3 Å². The van der Waals surface area contributed by atoms with Crippen LogP contribution in [0.4, 0.5) is 11.4 Å². The van der Waals surface area contributed by atoms with Crippen molar-refractivity contribution >= 4 is 34.2 Å². The molecule has 2 aromatic carbocycles. The Balaban J connectivity index is 1.80. The van der Waals surface area contributed by atoms with Crippen molar-refractivity contribution in [1.82, 2.24) is 0 Å². The van der Waals surface area contributed by atoms with Crippen LogP contribution in [0.25, 0.3) is 11.0 Å². The SMILES string of the molecule is CCOC(=O)c1oc2ccccc2c1CN1C[C@@H](C)C(=O)Nc2ccccc21. The number of hydrogen-bond acceptors (Lipinski definition) is 5. The van der Waals surface area contributed by atoms with Crippen LogP contribution in [0, 0.1) is 5.92 Å². The molecule has 3 aromatic rings. The number of anilines is 2. The summed E-state index contributed by atoms with van der Waals surface area (Å²) in [6.45, 7) is 4.90. The molecule has 28 heavy (non-hydrogen) atoms. The lowest BCUT2D eigenvalue weighted by Crippen LogP contribution is -2.30. The van der Waals surface area contributed by atoms with Gasteiger partial charge < -0.3 is 19.4 Å². The summed E-state index contributed by atoms with van der Waals surface area (Å²) >= 11 is 0. The van der Waals surface area contributed by atoms with Gasteiger partial charge in [-0.1, -0.05) is 37.3 Å². The molecule has 6 heteroatoms. The number of ether oxygens (including phenoxy) is 1. The molecular formula is C22H22N2O4. The van der Waals surface area contributed by atoms with Crippen molar-refractivity contribution in [2.45, 2.75) is 20.4 Å². The second-order valence-corrected chi connectivity index (χ2v) is 6.91. The van der Waals surface area contributed by atoms with Crippen molar-refractivity contribution in [2.75, 3.05) is 23.4 Å². The van der Waals surface area contributed by atoms with Crippen LogP contribution in [-0.2, 0) is 16.1 Å². The summed E-state index contributed by atoms with van der Waals surface area (Å²) in [6, 6.07) is 15.3. The van der Waals surface area contributed by atoms with Gasteiger partial charge in [0.15, 0.2) is 0 Å². The molecule has 0 fully saturated rings. The molecule has 6 nitrogen and oxygen atoms in total. The summed E-state index contributed by atoms with van der Waals surface area (Å²) in [5.41, 5.74) is 3.10. The number of nitrogens with zero attached hydrogens (tertiary/aromatic N) is 1. The Morgan fingerprint density at radius 3 is 2.79 bits per heavy atom. The predicted molar refractivity (Wildman–Crippen MR) is 107 cm³/mol. The van der Waals surface area contributed by atoms with E-state index in [4.69, 9.17) is 9.15 Å². The lowest BCUT2D eigenvalue weighted by molar-refractivity contribution is -0.119. The molecule has 2 heterocycles. The van der Waals surface area contributed by atoms with Gasteiger partial charge in [0, 0.05) is 24.0 Å². The number of para-hydroxylation sites is 3. The molecule has 0 saturated heterocycles.